The first-order valence-corrected chi connectivity index (χ1v) is 9.75. The minimum absolute atomic E-state index is 0.218. The first-order chi connectivity index (χ1) is 14.5. The highest BCUT2D eigenvalue weighted by Crippen LogP contribution is 2.34. The molecule has 0 aromatic heterocycles. The molecule has 30 heavy (non-hydrogen) atoms. The van der Waals surface area contributed by atoms with Crippen molar-refractivity contribution >= 4 is 46.4 Å². The molecule has 1 aliphatic heterocycles. The van der Waals surface area contributed by atoms with Gasteiger partial charge in [0.2, 0.25) is 11.8 Å². The van der Waals surface area contributed by atoms with Crippen LogP contribution in [0, 0.1) is 0 Å². The van der Waals surface area contributed by atoms with E-state index in [4.69, 9.17) is 11.6 Å². The summed E-state index contributed by atoms with van der Waals surface area (Å²) in [4.78, 5) is 40.2. The van der Waals surface area contributed by atoms with Crippen LogP contribution in [0.2, 0.25) is 5.02 Å². The average Bonchev–Trinajstić information content (AvgIpc) is 2.76. The maximum absolute atomic E-state index is 13.3. The fraction of sp³-hybridized carbons (Fsp3) is 0.0870. The van der Waals surface area contributed by atoms with Crippen LogP contribution in [0.1, 0.15) is 16.8 Å². The second kappa shape index (κ2) is 8.39. The van der Waals surface area contributed by atoms with E-state index in [1.807, 2.05) is 6.07 Å². The molecule has 6 nitrogen and oxygen atoms in total. The number of carbonyl (C=O) groups excluding carboxylic acids is 3. The molecule has 150 valence electrons. The Morgan fingerprint density at radius 3 is 2.37 bits per heavy atom. The van der Waals surface area contributed by atoms with Crippen molar-refractivity contribution < 1.29 is 14.4 Å². The van der Waals surface area contributed by atoms with Crippen LogP contribution in [0.3, 0.4) is 0 Å². The Bertz CT molecular complexity index is 1120. The van der Waals surface area contributed by atoms with Crippen LogP contribution in [0.25, 0.3) is 0 Å². The third-order valence-corrected chi connectivity index (χ3v) is 5.13. The Kier molecular flexibility index (Phi) is 5.50. The van der Waals surface area contributed by atoms with Crippen molar-refractivity contribution in [1.82, 2.24) is 0 Å². The van der Waals surface area contributed by atoms with Gasteiger partial charge in [0.15, 0.2) is 0 Å². The van der Waals surface area contributed by atoms with E-state index in [2.05, 4.69) is 10.6 Å². The third kappa shape index (κ3) is 3.90. The maximum atomic E-state index is 13.3. The smallest absolute Gasteiger partial charge is 0.259 e. The first-order valence-electron chi connectivity index (χ1n) is 9.37. The molecule has 0 saturated carbocycles. The van der Waals surface area contributed by atoms with Gasteiger partial charge in [-0.3, -0.25) is 19.3 Å². The van der Waals surface area contributed by atoms with Crippen LogP contribution in [0.4, 0.5) is 17.1 Å². The number of anilines is 3. The molecule has 0 fully saturated rings. The van der Waals surface area contributed by atoms with E-state index in [-0.39, 0.29) is 12.3 Å². The number of halogens is 1. The summed E-state index contributed by atoms with van der Waals surface area (Å²) in [6.45, 7) is 0. The molecule has 0 aliphatic carbocycles. The number of amides is 3. The monoisotopic (exact) mass is 419 g/mol. The number of hydrogen-bond donors (Lipinski definition) is 2. The van der Waals surface area contributed by atoms with Crippen LogP contribution in [-0.2, 0) is 9.59 Å². The normalized spacial score (nSPS) is 15.2. The molecule has 7 heteroatoms. The molecule has 3 aromatic carbocycles. The second-order valence-electron chi connectivity index (χ2n) is 6.80. The summed E-state index contributed by atoms with van der Waals surface area (Å²) in [6.07, 6.45) is -0.218. The van der Waals surface area contributed by atoms with Crippen molar-refractivity contribution in [1.29, 1.82) is 0 Å². The minimum Gasteiger partial charge on any atom is -0.325 e. The zero-order valence-corrected chi connectivity index (χ0v) is 16.6. The van der Waals surface area contributed by atoms with Crippen LogP contribution < -0.4 is 15.5 Å². The number of nitrogens with zero attached hydrogens (tertiary/aromatic N) is 1. The van der Waals surface area contributed by atoms with Gasteiger partial charge >= 0.3 is 0 Å². The maximum Gasteiger partial charge on any atom is 0.259 e. The Labute approximate surface area is 178 Å². The van der Waals surface area contributed by atoms with Crippen LogP contribution in [-0.4, -0.2) is 23.8 Å². The summed E-state index contributed by atoms with van der Waals surface area (Å²) in [5.41, 5.74) is 1.94. The molecule has 3 amide bonds. The van der Waals surface area contributed by atoms with E-state index >= 15 is 0 Å². The van der Waals surface area contributed by atoms with Crippen molar-refractivity contribution in [2.75, 3.05) is 15.5 Å². The highest BCUT2D eigenvalue weighted by molar-refractivity contribution is 6.33. The van der Waals surface area contributed by atoms with Gasteiger partial charge in [-0.05, 0) is 36.4 Å². The number of rotatable bonds is 4. The Morgan fingerprint density at radius 2 is 1.60 bits per heavy atom. The molecule has 3 aromatic rings. The van der Waals surface area contributed by atoms with Gasteiger partial charge in [-0.15, -0.1) is 0 Å². The lowest BCUT2D eigenvalue weighted by Crippen LogP contribution is -2.52. The summed E-state index contributed by atoms with van der Waals surface area (Å²) in [5, 5.41) is 5.89. The number of carbonyl (C=O) groups is 3. The number of para-hydroxylation sites is 3. The molecular weight excluding hydrogens is 402 g/mol. The van der Waals surface area contributed by atoms with Crippen LogP contribution in [0.5, 0.6) is 0 Å². The number of fused-ring (bicyclic) bond motifs is 1. The van der Waals surface area contributed by atoms with Gasteiger partial charge in [0.25, 0.3) is 5.91 Å². The van der Waals surface area contributed by atoms with Gasteiger partial charge in [-0.2, -0.15) is 0 Å². The van der Waals surface area contributed by atoms with Crippen LogP contribution in [0.15, 0.2) is 78.9 Å². The fourth-order valence-electron chi connectivity index (χ4n) is 3.38. The van der Waals surface area contributed by atoms with E-state index in [9.17, 15) is 14.4 Å². The average molecular weight is 420 g/mol. The summed E-state index contributed by atoms with van der Waals surface area (Å²) >= 11 is 6.11. The lowest BCUT2D eigenvalue weighted by Gasteiger charge is -2.36. The molecule has 2 N–H and O–H groups in total. The number of hydrogen-bond acceptors (Lipinski definition) is 3. The zero-order chi connectivity index (χ0) is 21.1. The minimum atomic E-state index is -1.00. The highest BCUT2D eigenvalue weighted by atomic mass is 35.5. The summed E-state index contributed by atoms with van der Waals surface area (Å²) in [6, 6.07) is 21.5. The molecule has 0 radical (unpaired) electrons. The van der Waals surface area contributed by atoms with E-state index in [0.29, 0.717) is 27.6 Å². The SMILES string of the molecule is O=C(C[C@@H]1C(=O)Nc2ccccc2N1C(=O)c1ccccc1)Nc1ccccc1Cl. The van der Waals surface area contributed by atoms with E-state index in [0.717, 1.165) is 0 Å². The van der Waals surface area contributed by atoms with Gasteiger partial charge in [0, 0.05) is 5.56 Å². The lowest BCUT2D eigenvalue weighted by molar-refractivity contribution is -0.122. The molecule has 0 bridgehead atoms. The lowest BCUT2D eigenvalue weighted by atomic mass is 10.0. The standard InChI is InChI=1S/C23H18ClN3O3/c24-16-10-4-5-11-17(16)25-21(28)14-20-22(29)26-18-12-6-7-13-19(18)27(20)23(30)15-8-2-1-3-9-15/h1-13,20H,14H2,(H,25,28)(H,26,29)/t20-/m1/s1. The molecule has 1 atom stereocenters. The van der Waals surface area contributed by atoms with Gasteiger partial charge in [-0.1, -0.05) is 54.1 Å². The number of benzene rings is 3. The van der Waals surface area contributed by atoms with Gasteiger partial charge < -0.3 is 10.6 Å². The van der Waals surface area contributed by atoms with Gasteiger partial charge in [-0.25, -0.2) is 0 Å². The molecule has 4 rings (SSSR count). The molecule has 0 saturated heterocycles. The number of nitrogens with one attached hydrogen (secondary N) is 2. The van der Waals surface area contributed by atoms with E-state index < -0.39 is 17.9 Å². The third-order valence-electron chi connectivity index (χ3n) is 4.80. The zero-order valence-electron chi connectivity index (χ0n) is 15.8. The molecule has 0 unspecified atom stereocenters. The van der Waals surface area contributed by atoms with E-state index in [1.54, 1.807) is 72.8 Å². The highest BCUT2D eigenvalue weighted by Gasteiger charge is 2.38. The second-order valence-corrected chi connectivity index (χ2v) is 7.20. The predicted octanol–water partition coefficient (Wildman–Crippen LogP) is 4.34. The van der Waals surface area contributed by atoms with Crippen molar-refractivity contribution in [3.63, 3.8) is 0 Å². The Balaban J connectivity index is 1.66. The van der Waals surface area contributed by atoms with Gasteiger partial charge in [0.05, 0.1) is 28.5 Å². The molecule has 1 aliphatic rings. The summed E-state index contributed by atoms with van der Waals surface area (Å²) < 4.78 is 0. The topological polar surface area (TPSA) is 78.5 Å². The molecule has 0 spiro atoms. The van der Waals surface area contributed by atoms with Crippen LogP contribution >= 0.6 is 11.6 Å². The summed E-state index contributed by atoms with van der Waals surface area (Å²) in [7, 11) is 0. The summed E-state index contributed by atoms with van der Waals surface area (Å²) in [5.74, 6) is -1.20. The predicted molar refractivity (Wildman–Crippen MR) is 117 cm³/mol. The Hall–Kier alpha value is -3.64. The van der Waals surface area contributed by atoms with Crippen molar-refractivity contribution in [2.24, 2.45) is 0 Å². The largest absolute Gasteiger partial charge is 0.325 e. The Morgan fingerprint density at radius 1 is 0.933 bits per heavy atom. The molecule has 1 heterocycles. The van der Waals surface area contributed by atoms with Crippen molar-refractivity contribution in [3.8, 4) is 0 Å². The fourth-order valence-corrected chi connectivity index (χ4v) is 3.57. The molecular formula is C23H18ClN3O3. The first kappa shape index (κ1) is 19.7. The quantitative estimate of drug-likeness (QED) is 0.660. The van der Waals surface area contributed by atoms with E-state index in [1.165, 1.54) is 4.90 Å². The van der Waals surface area contributed by atoms with Gasteiger partial charge in [0.1, 0.15) is 6.04 Å². The van der Waals surface area contributed by atoms with Crippen molar-refractivity contribution in [3.05, 3.63) is 89.4 Å². The van der Waals surface area contributed by atoms with Crippen molar-refractivity contribution in [2.45, 2.75) is 12.5 Å².